The number of ether oxygens (including phenoxy) is 1. The summed E-state index contributed by atoms with van der Waals surface area (Å²) >= 11 is 0. The van der Waals surface area contributed by atoms with Crippen LogP contribution in [-0.2, 0) is 0 Å². The number of pyridine rings is 1. The highest BCUT2D eigenvalue weighted by molar-refractivity contribution is 6.10. The average molecular weight is 255 g/mol. The largest absolute Gasteiger partial charge is 0.493 e. The molecule has 0 radical (unpaired) electrons. The van der Waals surface area contributed by atoms with Gasteiger partial charge >= 0.3 is 0 Å². The Morgan fingerprint density at radius 1 is 1.26 bits per heavy atom. The van der Waals surface area contributed by atoms with Gasteiger partial charge in [-0.2, -0.15) is 0 Å². The van der Waals surface area contributed by atoms with E-state index in [-0.39, 0.29) is 5.78 Å². The number of rotatable bonds is 5. The minimum atomic E-state index is -0.0529. The number of aryl methyl sites for hydroxylation is 1. The number of benzene rings is 1. The lowest BCUT2D eigenvalue weighted by Crippen LogP contribution is -2.06. The highest BCUT2D eigenvalue weighted by Gasteiger charge is 2.14. The molecule has 0 atom stereocenters. The molecule has 0 aliphatic carbocycles. The van der Waals surface area contributed by atoms with E-state index in [1.54, 1.807) is 18.5 Å². The highest BCUT2D eigenvalue weighted by Crippen LogP contribution is 2.21. The van der Waals surface area contributed by atoms with Crippen molar-refractivity contribution in [3.8, 4) is 5.75 Å². The van der Waals surface area contributed by atoms with Crippen LogP contribution in [0.1, 0.15) is 34.8 Å². The predicted octanol–water partition coefficient (Wildman–Crippen LogP) is 3.41. The molecule has 2 rings (SSSR count). The van der Waals surface area contributed by atoms with Crippen molar-refractivity contribution in [2.24, 2.45) is 0 Å². The van der Waals surface area contributed by atoms with Crippen LogP contribution in [0.2, 0.25) is 0 Å². The SMILES string of the molecule is CCCOc1ccccc1C(=O)c1cncc(C)c1. The molecule has 3 nitrogen and oxygen atoms in total. The first-order chi connectivity index (χ1) is 9.22. The highest BCUT2D eigenvalue weighted by atomic mass is 16.5. The predicted molar refractivity (Wildman–Crippen MR) is 74.6 cm³/mol. The van der Waals surface area contributed by atoms with Gasteiger partial charge in [-0.05, 0) is 37.1 Å². The van der Waals surface area contributed by atoms with Gasteiger partial charge < -0.3 is 4.74 Å². The van der Waals surface area contributed by atoms with Gasteiger partial charge in [0.15, 0.2) is 5.78 Å². The average Bonchev–Trinajstić information content (AvgIpc) is 2.44. The van der Waals surface area contributed by atoms with Gasteiger partial charge in [-0.3, -0.25) is 9.78 Å². The molecule has 98 valence electrons. The second-order valence-corrected chi connectivity index (χ2v) is 4.42. The number of aromatic nitrogens is 1. The van der Waals surface area contributed by atoms with Crippen molar-refractivity contribution in [3.63, 3.8) is 0 Å². The summed E-state index contributed by atoms with van der Waals surface area (Å²) in [5.41, 5.74) is 2.15. The number of ketones is 1. The van der Waals surface area contributed by atoms with E-state index < -0.39 is 0 Å². The van der Waals surface area contributed by atoms with Gasteiger partial charge in [0.2, 0.25) is 0 Å². The van der Waals surface area contributed by atoms with Crippen molar-refractivity contribution in [2.45, 2.75) is 20.3 Å². The summed E-state index contributed by atoms with van der Waals surface area (Å²) in [5.74, 6) is 0.582. The van der Waals surface area contributed by atoms with Crippen molar-refractivity contribution < 1.29 is 9.53 Å². The Balaban J connectivity index is 2.33. The molecule has 0 spiro atoms. The zero-order chi connectivity index (χ0) is 13.7. The summed E-state index contributed by atoms with van der Waals surface area (Å²) in [6.07, 6.45) is 4.23. The molecule has 0 aliphatic rings. The molecular weight excluding hydrogens is 238 g/mol. The fraction of sp³-hybridized carbons (Fsp3) is 0.250. The Morgan fingerprint density at radius 2 is 2.05 bits per heavy atom. The summed E-state index contributed by atoms with van der Waals surface area (Å²) in [5, 5.41) is 0. The summed E-state index contributed by atoms with van der Waals surface area (Å²) in [6, 6.07) is 9.17. The standard InChI is InChI=1S/C16H17NO2/c1-3-8-19-15-7-5-4-6-14(15)16(18)13-9-12(2)10-17-11-13/h4-7,9-11H,3,8H2,1-2H3. The first-order valence-electron chi connectivity index (χ1n) is 6.40. The van der Waals surface area contributed by atoms with Gasteiger partial charge in [-0.25, -0.2) is 0 Å². The van der Waals surface area contributed by atoms with E-state index in [9.17, 15) is 4.79 Å². The Labute approximate surface area is 113 Å². The number of nitrogens with zero attached hydrogens (tertiary/aromatic N) is 1. The molecular formula is C16H17NO2. The van der Waals surface area contributed by atoms with Gasteiger partial charge in [0.25, 0.3) is 0 Å². The van der Waals surface area contributed by atoms with Gasteiger partial charge in [0.1, 0.15) is 5.75 Å². The lowest BCUT2D eigenvalue weighted by Gasteiger charge is -2.10. The lowest BCUT2D eigenvalue weighted by atomic mass is 10.0. The lowest BCUT2D eigenvalue weighted by molar-refractivity contribution is 0.103. The molecule has 1 heterocycles. The zero-order valence-electron chi connectivity index (χ0n) is 11.2. The van der Waals surface area contributed by atoms with Crippen molar-refractivity contribution in [1.82, 2.24) is 4.98 Å². The van der Waals surface area contributed by atoms with Crippen LogP contribution in [0.25, 0.3) is 0 Å². The fourth-order valence-electron chi connectivity index (χ4n) is 1.83. The minimum Gasteiger partial charge on any atom is -0.493 e. The van der Waals surface area contributed by atoms with Gasteiger partial charge in [0, 0.05) is 18.0 Å². The van der Waals surface area contributed by atoms with Crippen LogP contribution in [0, 0.1) is 6.92 Å². The Bertz CT molecular complexity index is 578. The zero-order valence-corrected chi connectivity index (χ0v) is 11.2. The van der Waals surface area contributed by atoms with E-state index in [1.165, 1.54) is 0 Å². The third-order valence-electron chi connectivity index (χ3n) is 2.73. The van der Waals surface area contributed by atoms with Crippen LogP contribution < -0.4 is 4.74 Å². The van der Waals surface area contributed by atoms with Crippen molar-refractivity contribution in [1.29, 1.82) is 0 Å². The van der Waals surface area contributed by atoms with Crippen molar-refractivity contribution in [2.75, 3.05) is 6.61 Å². The fourth-order valence-corrected chi connectivity index (χ4v) is 1.83. The van der Waals surface area contributed by atoms with Crippen molar-refractivity contribution >= 4 is 5.78 Å². The Morgan fingerprint density at radius 3 is 2.79 bits per heavy atom. The Hall–Kier alpha value is -2.16. The maximum atomic E-state index is 12.5. The molecule has 1 aromatic carbocycles. The molecule has 0 saturated heterocycles. The molecule has 0 bridgehead atoms. The third kappa shape index (κ3) is 3.19. The van der Waals surface area contributed by atoms with E-state index >= 15 is 0 Å². The van der Waals surface area contributed by atoms with Crippen LogP contribution in [0.15, 0.2) is 42.7 Å². The Kier molecular flexibility index (Phi) is 4.29. The van der Waals surface area contributed by atoms with Crippen LogP contribution in [0.4, 0.5) is 0 Å². The third-order valence-corrected chi connectivity index (χ3v) is 2.73. The van der Waals surface area contributed by atoms with Crippen LogP contribution in [0.5, 0.6) is 5.75 Å². The second-order valence-electron chi connectivity index (χ2n) is 4.42. The van der Waals surface area contributed by atoms with E-state index in [1.807, 2.05) is 38.1 Å². The van der Waals surface area contributed by atoms with E-state index in [0.29, 0.717) is 23.5 Å². The minimum absolute atomic E-state index is 0.0529. The summed E-state index contributed by atoms with van der Waals surface area (Å²) in [4.78, 5) is 16.5. The maximum absolute atomic E-state index is 12.5. The molecule has 0 N–H and O–H groups in total. The molecule has 0 aliphatic heterocycles. The number of hydrogen-bond donors (Lipinski definition) is 0. The smallest absolute Gasteiger partial charge is 0.198 e. The first-order valence-corrected chi connectivity index (χ1v) is 6.40. The second kappa shape index (κ2) is 6.14. The van der Waals surface area contributed by atoms with Crippen LogP contribution in [0.3, 0.4) is 0 Å². The molecule has 2 aromatic rings. The van der Waals surface area contributed by atoms with Gasteiger partial charge in [-0.15, -0.1) is 0 Å². The van der Waals surface area contributed by atoms with E-state index in [4.69, 9.17) is 4.74 Å². The van der Waals surface area contributed by atoms with E-state index in [2.05, 4.69) is 4.98 Å². The van der Waals surface area contributed by atoms with Gasteiger partial charge in [-0.1, -0.05) is 19.1 Å². The van der Waals surface area contributed by atoms with Crippen molar-refractivity contribution in [3.05, 3.63) is 59.4 Å². The monoisotopic (exact) mass is 255 g/mol. The maximum Gasteiger partial charge on any atom is 0.198 e. The first kappa shape index (κ1) is 13.3. The normalized spacial score (nSPS) is 10.2. The molecule has 19 heavy (non-hydrogen) atoms. The molecule has 0 fully saturated rings. The van der Waals surface area contributed by atoms with Gasteiger partial charge in [0.05, 0.1) is 12.2 Å². The van der Waals surface area contributed by atoms with Crippen LogP contribution in [-0.4, -0.2) is 17.4 Å². The molecule has 3 heteroatoms. The van der Waals surface area contributed by atoms with E-state index in [0.717, 1.165) is 12.0 Å². The summed E-state index contributed by atoms with van der Waals surface area (Å²) in [6.45, 7) is 4.56. The number of para-hydroxylation sites is 1. The topological polar surface area (TPSA) is 39.2 Å². The summed E-state index contributed by atoms with van der Waals surface area (Å²) in [7, 11) is 0. The quantitative estimate of drug-likeness (QED) is 0.768. The number of hydrogen-bond acceptors (Lipinski definition) is 3. The molecule has 0 amide bonds. The van der Waals surface area contributed by atoms with Crippen LogP contribution >= 0.6 is 0 Å². The summed E-state index contributed by atoms with van der Waals surface area (Å²) < 4.78 is 5.62. The molecule has 0 saturated carbocycles. The molecule has 1 aromatic heterocycles. The molecule has 0 unspecified atom stereocenters. The number of carbonyl (C=O) groups is 1. The number of carbonyl (C=O) groups excluding carboxylic acids is 1.